The molecule has 2 rings (SSSR count). The Morgan fingerprint density at radius 1 is 1.12 bits per heavy atom. The normalized spacial score (nSPS) is 11.1. The number of nitrogens with one attached hydrogen (secondary N) is 3. The fourth-order valence-corrected chi connectivity index (χ4v) is 2.55. The molecule has 1 aromatic carbocycles. The van der Waals surface area contributed by atoms with Gasteiger partial charge in [-0.3, -0.25) is 9.79 Å². The second kappa shape index (κ2) is 10.4. The summed E-state index contributed by atoms with van der Waals surface area (Å²) < 4.78 is 0. The van der Waals surface area contributed by atoms with Gasteiger partial charge >= 0.3 is 0 Å². The number of halogens is 1. The van der Waals surface area contributed by atoms with Gasteiger partial charge in [-0.2, -0.15) is 0 Å². The lowest BCUT2D eigenvalue weighted by Crippen LogP contribution is -2.39. The van der Waals surface area contributed by atoms with Crippen LogP contribution in [0, 0.1) is 0 Å². The third-order valence-electron chi connectivity index (χ3n) is 3.84. The molecule has 0 radical (unpaired) electrons. The molecule has 138 valence electrons. The highest BCUT2D eigenvalue weighted by molar-refractivity contribution is 6.29. The molecule has 0 atom stereocenters. The molecule has 0 bridgehead atoms. The number of aliphatic imine (C=N–C) groups is 1. The van der Waals surface area contributed by atoms with E-state index in [0.717, 1.165) is 43.0 Å². The number of benzene rings is 1. The van der Waals surface area contributed by atoms with Crippen LogP contribution in [-0.4, -0.2) is 44.0 Å². The molecule has 0 unspecified atom stereocenters. The lowest BCUT2D eigenvalue weighted by molar-refractivity contribution is 0.0963. The summed E-state index contributed by atoms with van der Waals surface area (Å²) in [6.45, 7) is 1.47. The zero-order chi connectivity index (χ0) is 18.8. The van der Waals surface area contributed by atoms with Crippen LogP contribution in [0.1, 0.15) is 21.5 Å². The van der Waals surface area contributed by atoms with E-state index in [-0.39, 0.29) is 5.91 Å². The predicted octanol–water partition coefficient (Wildman–Crippen LogP) is 2.04. The molecule has 1 amide bonds. The number of aromatic nitrogens is 1. The Balaban J connectivity index is 1.75. The Hall–Kier alpha value is -2.60. The molecule has 0 aliphatic heterocycles. The van der Waals surface area contributed by atoms with Gasteiger partial charge in [-0.05, 0) is 42.2 Å². The number of carbonyl (C=O) groups excluding carboxylic acids is 1. The highest BCUT2D eigenvalue weighted by Crippen LogP contribution is 2.06. The van der Waals surface area contributed by atoms with Crippen LogP contribution in [0.2, 0.25) is 5.15 Å². The van der Waals surface area contributed by atoms with Gasteiger partial charge < -0.3 is 16.0 Å². The molecule has 0 aliphatic carbocycles. The van der Waals surface area contributed by atoms with Gasteiger partial charge in [0, 0.05) is 38.9 Å². The Morgan fingerprint density at radius 2 is 1.85 bits per heavy atom. The molecule has 1 aromatic heterocycles. The monoisotopic (exact) mass is 373 g/mol. The van der Waals surface area contributed by atoms with Gasteiger partial charge in [0.25, 0.3) is 5.91 Å². The molecule has 0 spiro atoms. The first-order chi connectivity index (χ1) is 12.6. The third kappa shape index (κ3) is 6.37. The minimum atomic E-state index is -0.0750. The average molecular weight is 374 g/mol. The lowest BCUT2D eigenvalue weighted by atomic mass is 10.1. The Kier molecular flexibility index (Phi) is 7.89. The standard InChI is InChI=1S/C19H24ClN5O/c1-21-18(26)16-5-3-4-14(12-16)8-10-23-19(22-2)24-11-9-15-6-7-17(20)25-13-15/h3-7,12-13H,8-11H2,1-2H3,(H,21,26)(H2,22,23,24). The van der Waals surface area contributed by atoms with Crippen molar-refractivity contribution in [3.63, 3.8) is 0 Å². The second-order valence-corrected chi connectivity index (χ2v) is 6.08. The first-order valence-electron chi connectivity index (χ1n) is 8.48. The Bertz CT molecular complexity index is 746. The van der Waals surface area contributed by atoms with Crippen molar-refractivity contribution in [2.24, 2.45) is 4.99 Å². The Labute approximate surface area is 159 Å². The maximum atomic E-state index is 11.7. The zero-order valence-electron chi connectivity index (χ0n) is 15.1. The second-order valence-electron chi connectivity index (χ2n) is 5.69. The van der Waals surface area contributed by atoms with E-state index in [1.807, 2.05) is 30.3 Å². The summed E-state index contributed by atoms with van der Waals surface area (Å²) in [6.07, 6.45) is 3.41. The van der Waals surface area contributed by atoms with E-state index in [9.17, 15) is 4.79 Å². The summed E-state index contributed by atoms with van der Waals surface area (Å²) in [6, 6.07) is 11.4. The van der Waals surface area contributed by atoms with Crippen molar-refractivity contribution < 1.29 is 4.79 Å². The van der Waals surface area contributed by atoms with E-state index in [1.54, 1.807) is 26.4 Å². The number of carbonyl (C=O) groups is 1. The van der Waals surface area contributed by atoms with Crippen molar-refractivity contribution in [1.29, 1.82) is 0 Å². The van der Waals surface area contributed by atoms with E-state index >= 15 is 0 Å². The maximum absolute atomic E-state index is 11.7. The summed E-state index contributed by atoms with van der Waals surface area (Å²) in [7, 11) is 3.37. The van der Waals surface area contributed by atoms with Gasteiger partial charge in [-0.25, -0.2) is 4.98 Å². The van der Waals surface area contributed by atoms with E-state index in [2.05, 4.69) is 25.9 Å². The van der Waals surface area contributed by atoms with Gasteiger partial charge in [0.05, 0.1) is 0 Å². The van der Waals surface area contributed by atoms with Crippen LogP contribution in [0.3, 0.4) is 0 Å². The van der Waals surface area contributed by atoms with Gasteiger partial charge in [-0.1, -0.05) is 29.8 Å². The molecule has 0 aliphatic rings. The van der Waals surface area contributed by atoms with Crippen molar-refractivity contribution in [1.82, 2.24) is 20.9 Å². The molecule has 0 saturated carbocycles. The van der Waals surface area contributed by atoms with Crippen molar-refractivity contribution in [2.45, 2.75) is 12.8 Å². The van der Waals surface area contributed by atoms with Gasteiger partial charge in [0.2, 0.25) is 0 Å². The molecule has 0 saturated heterocycles. The molecule has 1 heterocycles. The summed E-state index contributed by atoms with van der Waals surface area (Å²) in [5, 5.41) is 9.68. The third-order valence-corrected chi connectivity index (χ3v) is 4.06. The minimum Gasteiger partial charge on any atom is -0.356 e. The number of nitrogens with zero attached hydrogens (tertiary/aromatic N) is 2. The van der Waals surface area contributed by atoms with Crippen LogP contribution < -0.4 is 16.0 Å². The highest BCUT2D eigenvalue weighted by Gasteiger charge is 2.04. The number of rotatable bonds is 7. The van der Waals surface area contributed by atoms with E-state index in [0.29, 0.717) is 10.7 Å². The first-order valence-corrected chi connectivity index (χ1v) is 8.86. The molecular formula is C19H24ClN5O. The molecule has 2 aromatic rings. The van der Waals surface area contributed by atoms with Crippen LogP contribution in [0.25, 0.3) is 0 Å². The van der Waals surface area contributed by atoms with Gasteiger partial charge in [-0.15, -0.1) is 0 Å². The van der Waals surface area contributed by atoms with E-state index in [1.165, 1.54) is 0 Å². The maximum Gasteiger partial charge on any atom is 0.251 e. The fourth-order valence-electron chi connectivity index (χ4n) is 2.44. The quantitative estimate of drug-likeness (QED) is 0.394. The van der Waals surface area contributed by atoms with E-state index in [4.69, 9.17) is 11.6 Å². The Morgan fingerprint density at radius 3 is 2.46 bits per heavy atom. The number of hydrogen-bond donors (Lipinski definition) is 3. The summed E-state index contributed by atoms with van der Waals surface area (Å²) in [5.74, 6) is 0.670. The predicted molar refractivity (Wildman–Crippen MR) is 106 cm³/mol. The van der Waals surface area contributed by atoms with Crippen LogP contribution in [-0.2, 0) is 12.8 Å². The number of amides is 1. The molecule has 0 fully saturated rings. The molecule has 26 heavy (non-hydrogen) atoms. The molecule has 3 N–H and O–H groups in total. The summed E-state index contributed by atoms with van der Waals surface area (Å²) in [4.78, 5) is 20.0. The van der Waals surface area contributed by atoms with Crippen LogP contribution in [0.5, 0.6) is 0 Å². The van der Waals surface area contributed by atoms with Gasteiger partial charge in [0.15, 0.2) is 5.96 Å². The minimum absolute atomic E-state index is 0.0750. The zero-order valence-corrected chi connectivity index (χ0v) is 15.8. The fraction of sp³-hybridized carbons (Fsp3) is 0.316. The van der Waals surface area contributed by atoms with Crippen LogP contribution in [0.4, 0.5) is 0 Å². The van der Waals surface area contributed by atoms with Crippen molar-refractivity contribution in [2.75, 3.05) is 27.2 Å². The number of guanidine groups is 1. The largest absolute Gasteiger partial charge is 0.356 e. The van der Waals surface area contributed by atoms with Crippen molar-refractivity contribution >= 4 is 23.5 Å². The average Bonchev–Trinajstić information content (AvgIpc) is 2.67. The molecule has 7 heteroatoms. The number of pyridine rings is 1. The summed E-state index contributed by atoms with van der Waals surface area (Å²) in [5.41, 5.74) is 2.88. The molecule has 6 nitrogen and oxygen atoms in total. The topological polar surface area (TPSA) is 78.4 Å². The van der Waals surface area contributed by atoms with Crippen LogP contribution >= 0.6 is 11.6 Å². The smallest absolute Gasteiger partial charge is 0.251 e. The molecular weight excluding hydrogens is 350 g/mol. The first kappa shape index (κ1) is 19.7. The van der Waals surface area contributed by atoms with Gasteiger partial charge in [0.1, 0.15) is 5.15 Å². The number of hydrogen-bond acceptors (Lipinski definition) is 3. The lowest BCUT2D eigenvalue weighted by Gasteiger charge is -2.12. The highest BCUT2D eigenvalue weighted by atomic mass is 35.5. The van der Waals surface area contributed by atoms with Crippen molar-refractivity contribution in [3.8, 4) is 0 Å². The van der Waals surface area contributed by atoms with Crippen molar-refractivity contribution in [3.05, 3.63) is 64.4 Å². The van der Waals surface area contributed by atoms with Crippen LogP contribution in [0.15, 0.2) is 47.6 Å². The summed E-state index contributed by atoms with van der Waals surface area (Å²) >= 11 is 5.78. The van der Waals surface area contributed by atoms with E-state index < -0.39 is 0 Å². The SMILES string of the molecule is CN=C(NCCc1ccc(Cl)nc1)NCCc1cccc(C(=O)NC)c1.